The number of carboxylic acid groups (broad SMARTS) is 1. The fourth-order valence-corrected chi connectivity index (χ4v) is 1.19. The van der Waals surface area contributed by atoms with Gasteiger partial charge in [0.25, 0.3) is 0 Å². The van der Waals surface area contributed by atoms with E-state index in [0.29, 0.717) is 0 Å². The van der Waals surface area contributed by atoms with Crippen LogP contribution < -0.4 is 5.32 Å². The summed E-state index contributed by atoms with van der Waals surface area (Å²) in [5.41, 5.74) is 1.88. The lowest BCUT2D eigenvalue weighted by atomic mass is 10.0. The fourth-order valence-electron chi connectivity index (χ4n) is 1.19. The van der Waals surface area contributed by atoms with Gasteiger partial charge < -0.3 is 10.4 Å². The smallest absolute Gasteiger partial charge is 0.415 e. The SMILES string of the molecule is O=C(O)N1C=CC2=CNC=CC2=C1. The summed E-state index contributed by atoms with van der Waals surface area (Å²) in [6.45, 7) is 0. The molecule has 0 aromatic heterocycles. The zero-order chi connectivity index (χ0) is 9.26. The lowest BCUT2D eigenvalue weighted by molar-refractivity contribution is 0.175. The molecule has 2 heterocycles. The molecule has 13 heavy (non-hydrogen) atoms. The van der Waals surface area contributed by atoms with Crippen LogP contribution in [0.25, 0.3) is 0 Å². The van der Waals surface area contributed by atoms with Crippen LogP contribution >= 0.6 is 0 Å². The standard InChI is InChI=1S/C9H8N2O2/c12-9(13)11-4-2-7-5-10-3-1-8(7)6-11/h1-6,10H,(H,12,13). The Hall–Kier alpha value is -1.97. The van der Waals surface area contributed by atoms with Gasteiger partial charge in [0.1, 0.15) is 0 Å². The van der Waals surface area contributed by atoms with E-state index in [1.807, 2.05) is 12.3 Å². The largest absolute Gasteiger partial charge is 0.464 e. The molecule has 2 N–H and O–H groups in total. The minimum absolute atomic E-state index is 0.892. The molecule has 1 amide bonds. The van der Waals surface area contributed by atoms with E-state index in [-0.39, 0.29) is 0 Å². The van der Waals surface area contributed by atoms with Gasteiger partial charge in [0.05, 0.1) is 0 Å². The van der Waals surface area contributed by atoms with E-state index in [1.165, 1.54) is 6.20 Å². The van der Waals surface area contributed by atoms with Gasteiger partial charge in [-0.05, 0) is 12.2 Å². The van der Waals surface area contributed by atoms with Crippen LogP contribution in [-0.4, -0.2) is 16.1 Å². The molecule has 2 aliphatic heterocycles. The van der Waals surface area contributed by atoms with Crippen molar-refractivity contribution in [3.8, 4) is 0 Å². The quantitative estimate of drug-likeness (QED) is 0.586. The minimum Gasteiger partial charge on any atom is -0.464 e. The molecule has 0 saturated heterocycles. The van der Waals surface area contributed by atoms with E-state index in [0.717, 1.165) is 16.0 Å². The lowest BCUT2D eigenvalue weighted by Gasteiger charge is -2.18. The highest BCUT2D eigenvalue weighted by Gasteiger charge is 2.13. The Morgan fingerprint density at radius 2 is 2.23 bits per heavy atom. The zero-order valence-corrected chi connectivity index (χ0v) is 6.77. The second-order valence-corrected chi connectivity index (χ2v) is 2.69. The van der Waals surface area contributed by atoms with Gasteiger partial charge in [-0.25, -0.2) is 4.79 Å². The van der Waals surface area contributed by atoms with Gasteiger partial charge in [-0.2, -0.15) is 0 Å². The Balaban J connectivity index is 2.31. The highest BCUT2D eigenvalue weighted by molar-refractivity contribution is 5.70. The van der Waals surface area contributed by atoms with Crippen molar-refractivity contribution in [3.05, 3.63) is 48.1 Å². The first-order chi connectivity index (χ1) is 6.27. The molecule has 0 aliphatic carbocycles. The first kappa shape index (κ1) is 7.67. The molecule has 0 radical (unpaired) electrons. The van der Waals surface area contributed by atoms with Crippen molar-refractivity contribution < 1.29 is 9.90 Å². The number of rotatable bonds is 0. The van der Waals surface area contributed by atoms with Gasteiger partial charge in [0.15, 0.2) is 0 Å². The number of hydrogen-bond donors (Lipinski definition) is 2. The molecule has 0 aromatic rings. The molecule has 4 nitrogen and oxygen atoms in total. The Morgan fingerprint density at radius 3 is 3.00 bits per heavy atom. The van der Waals surface area contributed by atoms with Gasteiger partial charge in [0.2, 0.25) is 0 Å². The molecule has 4 heteroatoms. The molecule has 0 atom stereocenters. The summed E-state index contributed by atoms with van der Waals surface area (Å²) in [5, 5.41) is 11.6. The summed E-state index contributed by atoms with van der Waals surface area (Å²) < 4.78 is 0. The van der Waals surface area contributed by atoms with Gasteiger partial charge >= 0.3 is 6.09 Å². The van der Waals surface area contributed by atoms with Crippen molar-refractivity contribution in [1.82, 2.24) is 10.2 Å². The number of fused-ring (bicyclic) bond motifs is 1. The van der Waals surface area contributed by atoms with E-state index in [4.69, 9.17) is 5.11 Å². The third-order valence-corrected chi connectivity index (χ3v) is 1.85. The van der Waals surface area contributed by atoms with Crippen LogP contribution in [0.5, 0.6) is 0 Å². The average Bonchev–Trinajstić information content (AvgIpc) is 2.17. The summed E-state index contributed by atoms with van der Waals surface area (Å²) in [6.07, 6.45) is 9.27. The molecular formula is C9H8N2O2. The Labute approximate surface area is 75.2 Å². The van der Waals surface area contributed by atoms with Gasteiger partial charge in [0, 0.05) is 35.9 Å². The third-order valence-electron chi connectivity index (χ3n) is 1.85. The van der Waals surface area contributed by atoms with E-state index < -0.39 is 6.09 Å². The van der Waals surface area contributed by atoms with Crippen LogP contribution in [0.3, 0.4) is 0 Å². The monoisotopic (exact) mass is 176 g/mol. The zero-order valence-electron chi connectivity index (χ0n) is 6.77. The fraction of sp³-hybridized carbons (Fsp3) is 0. The first-order valence-electron chi connectivity index (χ1n) is 3.82. The molecule has 0 aromatic carbocycles. The molecular weight excluding hydrogens is 168 g/mol. The second-order valence-electron chi connectivity index (χ2n) is 2.69. The topological polar surface area (TPSA) is 52.6 Å². The van der Waals surface area contributed by atoms with Crippen molar-refractivity contribution in [3.63, 3.8) is 0 Å². The molecule has 0 saturated carbocycles. The third kappa shape index (κ3) is 1.33. The normalized spacial score (nSPS) is 18.6. The molecule has 2 rings (SSSR count). The summed E-state index contributed by atoms with van der Waals surface area (Å²) in [6, 6.07) is 0. The van der Waals surface area contributed by atoms with Gasteiger partial charge in [-0.15, -0.1) is 0 Å². The van der Waals surface area contributed by atoms with Crippen molar-refractivity contribution in [2.24, 2.45) is 0 Å². The molecule has 0 fully saturated rings. The van der Waals surface area contributed by atoms with Crippen LogP contribution in [0.4, 0.5) is 4.79 Å². The summed E-state index contributed by atoms with van der Waals surface area (Å²) >= 11 is 0. The van der Waals surface area contributed by atoms with Crippen LogP contribution in [0.1, 0.15) is 0 Å². The van der Waals surface area contributed by atoms with E-state index in [9.17, 15) is 4.79 Å². The van der Waals surface area contributed by atoms with Gasteiger partial charge in [-0.1, -0.05) is 0 Å². The first-order valence-corrected chi connectivity index (χ1v) is 3.82. The van der Waals surface area contributed by atoms with Crippen LogP contribution in [0.15, 0.2) is 48.1 Å². The van der Waals surface area contributed by atoms with Crippen molar-refractivity contribution in [2.75, 3.05) is 0 Å². The van der Waals surface area contributed by atoms with Gasteiger partial charge in [-0.3, -0.25) is 4.90 Å². The van der Waals surface area contributed by atoms with Crippen molar-refractivity contribution in [1.29, 1.82) is 0 Å². The maximum atomic E-state index is 10.6. The highest BCUT2D eigenvalue weighted by atomic mass is 16.4. The number of amides is 1. The number of carbonyl (C=O) groups is 1. The summed E-state index contributed by atoms with van der Waals surface area (Å²) in [5.74, 6) is 0. The molecule has 0 bridgehead atoms. The van der Waals surface area contributed by atoms with Crippen molar-refractivity contribution >= 4 is 6.09 Å². The minimum atomic E-state index is -0.977. The number of nitrogens with one attached hydrogen (secondary N) is 1. The number of allylic oxidation sites excluding steroid dienone is 4. The molecule has 66 valence electrons. The predicted octanol–water partition coefficient (Wildman–Crippen LogP) is 1.38. The van der Waals surface area contributed by atoms with Crippen LogP contribution in [0, 0.1) is 0 Å². The highest BCUT2D eigenvalue weighted by Crippen LogP contribution is 2.20. The van der Waals surface area contributed by atoms with Crippen molar-refractivity contribution in [2.45, 2.75) is 0 Å². The predicted molar refractivity (Wildman–Crippen MR) is 47.4 cm³/mol. The lowest BCUT2D eigenvalue weighted by Crippen LogP contribution is -2.21. The average molecular weight is 176 g/mol. The van der Waals surface area contributed by atoms with E-state index in [2.05, 4.69) is 5.32 Å². The van der Waals surface area contributed by atoms with Crippen LogP contribution in [-0.2, 0) is 0 Å². The van der Waals surface area contributed by atoms with E-state index in [1.54, 1.807) is 18.5 Å². The molecule has 0 unspecified atom stereocenters. The number of dihydropyridines is 1. The molecule has 0 spiro atoms. The Morgan fingerprint density at radius 1 is 1.38 bits per heavy atom. The maximum absolute atomic E-state index is 10.6. The summed E-state index contributed by atoms with van der Waals surface area (Å²) in [7, 11) is 0. The molecule has 2 aliphatic rings. The maximum Gasteiger partial charge on any atom is 0.415 e. The van der Waals surface area contributed by atoms with E-state index >= 15 is 0 Å². The Kier molecular flexibility index (Phi) is 1.66. The number of hydrogen-bond acceptors (Lipinski definition) is 2. The number of nitrogens with zero attached hydrogens (tertiary/aromatic N) is 1. The second kappa shape index (κ2) is 2.82. The Bertz CT molecular complexity index is 364. The summed E-state index contributed by atoms with van der Waals surface area (Å²) in [4.78, 5) is 11.7. The van der Waals surface area contributed by atoms with Crippen LogP contribution in [0.2, 0.25) is 0 Å².